The van der Waals surface area contributed by atoms with E-state index in [9.17, 15) is 14.7 Å². The Kier molecular flexibility index (Phi) is 4.67. The number of carbonyl (C=O) groups is 2. The van der Waals surface area contributed by atoms with Crippen LogP contribution in [0.25, 0.3) is 0 Å². The van der Waals surface area contributed by atoms with Crippen molar-refractivity contribution in [3.63, 3.8) is 0 Å². The van der Waals surface area contributed by atoms with Gasteiger partial charge in [-0.05, 0) is 38.8 Å². The van der Waals surface area contributed by atoms with Crippen LogP contribution >= 0.6 is 0 Å². The largest absolute Gasteiger partial charge is 0.459 e. The standard InChI is InChI=1S/C18H22N2O5/c1-12-3-9-24-14(12)16(22)19-18(11-21)5-7-20(8-6-18)17(23)15-13(2)4-10-25-15/h3-4,9-10,21H,5-8,11H2,1-2H3,(H,19,22). The Morgan fingerprint density at radius 3 is 2.16 bits per heavy atom. The number of hydrogen-bond donors (Lipinski definition) is 2. The summed E-state index contributed by atoms with van der Waals surface area (Å²) in [6, 6.07) is 3.47. The third-order valence-electron chi connectivity index (χ3n) is 4.81. The van der Waals surface area contributed by atoms with Gasteiger partial charge in [0, 0.05) is 24.2 Å². The molecule has 1 saturated heterocycles. The van der Waals surface area contributed by atoms with Crippen molar-refractivity contribution in [2.45, 2.75) is 32.2 Å². The molecule has 0 aromatic carbocycles. The number of hydrogen-bond acceptors (Lipinski definition) is 5. The van der Waals surface area contributed by atoms with Gasteiger partial charge < -0.3 is 24.2 Å². The molecule has 3 rings (SSSR count). The predicted molar refractivity (Wildman–Crippen MR) is 89.3 cm³/mol. The van der Waals surface area contributed by atoms with Gasteiger partial charge in [-0.1, -0.05) is 0 Å². The lowest BCUT2D eigenvalue weighted by molar-refractivity contribution is 0.0472. The van der Waals surface area contributed by atoms with Crippen molar-refractivity contribution in [2.75, 3.05) is 19.7 Å². The molecule has 2 amide bonds. The van der Waals surface area contributed by atoms with E-state index in [1.807, 2.05) is 6.92 Å². The Labute approximate surface area is 145 Å². The fraction of sp³-hybridized carbons (Fsp3) is 0.444. The summed E-state index contributed by atoms with van der Waals surface area (Å²) >= 11 is 0. The Hall–Kier alpha value is -2.54. The summed E-state index contributed by atoms with van der Waals surface area (Å²) in [5.41, 5.74) is 0.780. The normalized spacial score (nSPS) is 16.7. The molecule has 1 aliphatic heterocycles. The molecule has 3 heterocycles. The van der Waals surface area contributed by atoms with Gasteiger partial charge in [-0.15, -0.1) is 0 Å². The average molecular weight is 346 g/mol. The third-order valence-corrected chi connectivity index (χ3v) is 4.81. The van der Waals surface area contributed by atoms with Gasteiger partial charge in [0.05, 0.1) is 24.7 Å². The highest BCUT2D eigenvalue weighted by molar-refractivity contribution is 5.94. The first kappa shape index (κ1) is 17.3. The Balaban J connectivity index is 1.66. The first-order valence-electron chi connectivity index (χ1n) is 8.26. The number of aryl methyl sites for hydroxylation is 2. The molecule has 0 saturated carbocycles. The number of rotatable bonds is 4. The van der Waals surface area contributed by atoms with Crippen LogP contribution in [0.4, 0.5) is 0 Å². The number of furan rings is 2. The molecule has 1 fully saturated rings. The Morgan fingerprint density at radius 2 is 1.68 bits per heavy atom. The van der Waals surface area contributed by atoms with Gasteiger partial charge in [-0.25, -0.2) is 0 Å². The van der Waals surface area contributed by atoms with E-state index in [2.05, 4.69) is 5.32 Å². The van der Waals surface area contributed by atoms with Crippen molar-refractivity contribution >= 4 is 11.8 Å². The van der Waals surface area contributed by atoms with Crippen molar-refractivity contribution in [3.05, 3.63) is 47.3 Å². The topological polar surface area (TPSA) is 95.9 Å². The number of amides is 2. The van der Waals surface area contributed by atoms with Gasteiger partial charge in [0.2, 0.25) is 0 Å². The van der Waals surface area contributed by atoms with Crippen LogP contribution in [0, 0.1) is 13.8 Å². The minimum absolute atomic E-state index is 0.165. The van der Waals surface area contributed by atoms with Gasteiger partial charge in [-0.2, -0.15) is 0 Å². The second kappa shape index (κ2) is 6.76. The van der Waals surface area contributed by atoms with E-state index in [1.165, 1.54) is 12.5 Å². The molecule has 25 heavy (non-hydrogen) atoms. The number of nitrogens with zero attached hydrogens (tertiary/aromatic N) is 1. The smallest absolute Gasteiger partial charge is 0.289 e. The SMILES string of the molecule is Cc1ccoc1C(=O)NC1(CO)CCN(C(=O)c2occc2C)CC1. The van der Waals surface area contributed by atoms with Crippen LogP contribution in [0.1, 0.15) is 45.1 Å². The van der Waals surface area contributed by atoms with Crippen LogP contribution in [0.3, 0.4) is 0 Å². The van der Waals surface area contributed by atoms with E-state index >= 15 is 0 Å². The van der Waals surface area contributed by atoms with E-state index < -0.39 is 5.54 Å². The zero-order valence-electron chi connectivity index (χ0n) is 14.4. The minimum Gasteiger partial charge on any atom is -0.459 e. The summed E-state index contributed by atoms with van der Waals surface area (Å²) in [5, 5.41) is 12.7. The Morgan fingerprint density at radius 1 is 1.12 bits per heavy atom. The highest BCUT2D eigenvalue weighted by Gasteiger charge is 2.38. The van der Waals surface area contributed by atoms with Crippen LogP contribution < -0.4 is 5.32 Å². The van der Waals surface area contributed by atoms with Gasteiger partial charge in [0.25, 0.3) is 11.8 Å². The molecular weight excluding hydrogens is 324 g/mol. The molecule has 0 atom stereocenters. The van der Waals surface area contributed by atoms with Gasteiger partial charge in [0.15, 0.2) is 11.5 Å². The van der Waals surface area contributed by atoms with Crippen molar-refractivity contribution < 1.29 is 23.5 Å². The van der Waals surface area contributed by atoms with Crippen LogP contribution in [0.15, 0.2) is 33.5 Å². The molecule has 1 aliphatic rings. The molecule has 0 radical (unpaired) electrons. The van der Waals surface area contributed by atoms with E-state index in [0.29, 0.717) is 31.7 Å². The maximum absolute atomic E-state index is 12.5. The fourth-order valence-corrected chi connectivity index (χ4v) is 3.10. The quantitative estimate of drug-likeness (QED) is 0.881. The molecule has 7 nitrogen and oxygen atoms in total. The van der Waals surface area contributed by atoms with Crippen molar-refractivity contribution in [3.8, 4) is 0 Å². The molecule has 7 heteroatoms. The first-order chi connectivity index (χ1) is 12.0. The zero-order valence-corrected chi connectivity index (χ0v) is 14.4. The van der Waals surface area contributed by atoms with Crippen LogP contribution in [0.5, 0.6) is 0 Å². The van der Waals surface area contributed by atoms with Gasteiger partial charge in [-0.3, -0.25) is 9.59 Å². The van der Waals surface area contributed by atoms with Crippen LogP contribution in [-0.4, -0.2) is 47.1 Å². The second-order valence-electron chi connectivity index (χ2n) is 6.55. The summed E-state index contributed by atoms with van der Waals surface area (Å²) in [6.45, 7) is 4.27. The average Bonchev–Trinajstić information content (AvgIpc) is 3.23. The predicted octanol–water partition coefficient (Wildman–Crippen LogP) is 1.89. The minimum atomic E-state index is -0.759. The molecule has 0 bridgehead atoms. The lowest BCUT2D eigenvalue weighted by Gasteiger charge is -2.40. The summed E-state index contributed by atoms with van der Waals surface area (Å²) in [7, 11) is 0. The highest BCUT2D eigenvalue weighted by atomic mass is 16.3. The van der Waals surface area contributed by atoms with Crippen molar-refractivity contribution in [1.82, 2.24) is 10.2 Å². The molecule has 2 N–H and O–H groups in total. The van der Waals surface area contributed by atoms with E-state index in [1.54, 1.807) is 24.0 Å². The number of aliphatic hydroxyl groups is 1. The summed E-state index contributed by atoms with van der Waals surface area (Å²) in [5.74, 6) is 0.0738. The zero-order chi connectivity index (χ0) is 18.0. The summed E-state index contributed by atoms with van der Waals surface area (Å²) < 4.78 is 10.5. The first-order valence-corrected chi connectivity index (χ1v) is 8.26. The molecule has 0 spiro atoms. The van der Waals surface area contributed by atoms with E-state index in [0.717, 1.165) is 11.1 Å². The lowest BCUT2D eigenvalue weighted by Crippen LogP contribution is -2.58. The maximum Gasteiger partial charge on any atom is 0.289 e. The number of nitrogens with one attached hydrogen (secondary N) is 1. The number of aliphatic hydroxyl groups excluding tert-OH is 1. The molecule has 134 valence electrons. The van der Waals surface area contributed by atoms with Gasteiger partial charge in [0.1, 0.15) is 0 Å². The highest BCUT2D eigenvalue weighted by Crippen LogP contribution is 2.25. The number of piperidine rings is 1. The molecule has 2 aromatic heterocycles. The van der Waals surface area contributed by atoms with Crippen LogP contribution in [-0.2, 0) is 0 Å². The summed E-state index contributed by atoms with van der Waals surface area (Å²) in [6.07, 6.45) is 3.88. The monoisotopic (exact) mass is 346 g/mol. The molecular formula is C18H22N2O5. The van der Waals surface area contributed by atoms with E-state index in [-0.39, 0.29) is 24.2 Å². The van der Waals surface area contributed by atoms with Gasteiger partial charge >= 0.3 is 0 Å². The molecule has 0 aliphatic carbocycles. The second-order valence-corrected chi connectivity index (χ2v) is 6.55. The third kappa shape index (κ3) is 3.32. The molecule has 0 unspecified atom stereocenters. The van der Waals surface area contributed by atoms with Crippen molar-refractivity contribution in [1.29, 1.82) is 0 Å². The fourth-order valence-electron chi connectivity index (χ4n) is 3.10. The number of carbonyl (C=O) groups excluding carboxylic acids is 2. The maximum atomic E-state index is 12.5. The van der Waals surface area contributed by atoms with Crippen LogP contribution in [0.2, 0.25) is 0 Å². The molecule has 2 aromatic rings. The van der Waals surface area contributed by atoms with Crippen molar-refractivity contribution in [2.24, 2.45) is 0 Å². The lowest BCUT2D eigenvalue weighted by atomic mass is 9.87. The summed E-state index contributed by atoms with van der Waals surface area (Å²) in [4.78, 5) is 26.6. The number of likely N-dealkylation sites (tertiary alicyclic amines) is 1. The Bertz CT molecular complexity index is 768. The van der Waals surface area contributed by atoms with E-state index in [4.69, 9.17) is 8.83 Å².